The highest BCUT2D eigenvalue weighted by Gasteiger charge is 2.26. The maximum atomic E-state index is 12.0. The van der Waals surface area contributed by atoms with Gasteiger partial charge < -0.3 is 19.7 Å². The van der Waals surface area contributed by atoms with E-state index in [9.17, 15) is 4.79 Å². The lowest BCUT2D eigenvalue weighted by molar-refractivity contribution is -0.146. The third-order valence-electron chi connectivity index (χ3n) is 3.66. The van der Waals surface area contributed by atoms with Crippen LogP contribution in [0.1, 0.15) is 33.6 Å². The Morgan fingerprint density at radius 1 is 1.35 bits per heavy atom. The van der Waals surface area contributed by atoms with Gasteiger partial charge in [-0.15, -0.1) is 0 Å². The maximum Gasteiger partial charge on any atom is 0.324 e. The summed E-state index contributed by atoms with van der Waals surface area (Å²) in [4.78, 5) is 14.3. The van der Waals surface area contributed by atoms with Crippen molar-refractivity contribution in [3.8, 4) is 0 Å². The molecule has 1 heterocycles. The number of esters is 1. The molecule has 1 rings (SSSR count). The molecule has 0 aromatic carbocycles. The molecule has 0 aromatic rings. The largest absolute Gasteiger partial charge is 0.465 e. The first-order valence-corrected chi connectivity index (χ1v) is 7.70. The van der Waals surface area contributed by atoms with E-state index < -0.39 is 0 Å². The molecule has 0 aromatic heterocycles. The van der Waals surface area contributed by atoms with Gasteiger partial charge in [0.25, 0.3) is 0 Å². The van der Waals surface area contributed by atoms with E-state index in [1.807, 2.05) is 6.92 Å². The number of carbonyl (C=O) groups is 1. The van der Waals surface area contributed by atoms with E-state index in [0.717, 1.165) is 39.1 Å². The Morgan fingerprint density at radius 2 is 2.00 bits per heavy atom. The van der Waals surface area contributed by atoms with Crippen LogP contribution < -0.4 is 5.32 Å². The number of hydrogen-bond acceptors (Lipinski definition) is 5. The summed E-state index contributed by atoms with van der Waals surface area (Å²) in [5, 5.41) is 3.31. The lowest BCUT2D eigenvalue weighted by Crippen LogP contribution is -2.51. The van der Waals surface area contributed by atoms with Crippen molar-refractivity contribution in [1.82, 2.24) is 10.2 Å². The molecule has 0 spiro atoms. The summed E-state index contributed by atoms with van der Waals surface area (Å²) in [6.45, 7) is 10.0. The fourth-order valence-corrected chi connectivity index (χ4v) is 2.67. The molecule has 0 radical (unpaired) electrons. The number of carbonyl (C=O) groups excluding carboxylic acids is 1. The molecule has 118 valence electrons. The molecule has 1 atom stereocenters. The van der Waals surface area contributed by atoms with Gasteiger partial charge in [0.15, 0.2) is 0 Å². The van der Waals surface area contributed by atoms with Gasteiger partial charge in [-0.25, -0.2) is 0 Å². The number of piperidine rings is 1. The van der Waals surface area contributed by atoms with Gasteiger partial charge in [0, 0.05) is 26.3 Å². The molecule has 5 nitrogen and oxygen atoms in total. The molecule has 0 amide bonds. The lowest BCUT2D eigenvalue weighted by Gasteiger charge is -2.34. The number of rotatable bonds is 8. The van der Waals surface area contributed by atoms with Gasteiger partial charge in [-0.05, 0) is 38.8 Å². The van der Waals surface area contributed by atoms with E-state index in [2.05, 4.69) is 24.1 Å². The van der Waals surface area contributed by atoms with Crippen molar-refractivity contribution in [2.45, 2.75) is 45.7 Å². The van der Waals surface area contributed by atoms with Gasteiger partial charge in [-0.2, -0.15) is 0 Å². The molecule has 1 saturated heterocycles. The molecule has 0 aliphatic carbocycles. The quantitative estimate of drug-likeness (QED) is 0.681. The molecule has 0 saturated carbocycles. The second-order valence-corrected chi connectivity index (χ2v) is 5.83. The minimum atomic E-state index is -0.228. The van der Waals surface area contributed by atoms with Crippen LogP contribution in [-0.2, 0) is 14.3 Å². The van der Waals surface area contributed by atoms with Crippen LogP contribution in [0.15, 0.2) is 0 Å². The van der Waals surface area contributed by atoms with Crippen molar-refractivity contribution in [2.24, 2.45) is 5.92 Å². The summed E-state index contributed by atoms with van der Waals surface area (Å²) in [5.41, 5.74) is 0. The van der Waals surface area contributed by atoms with Crippen LogP contribution in [0.2, 0.25) is 0 Å². The molecule has 0 bridgehead atoms. The molecule has 1 N–H and O–H groups in total. The first-order chi connectivity index (χ1) is 9.56. The van der Waals surface area contributed by atoms with Gasteiger partial charge in [0.2, 0.25) is 0 Å². The van der Waals surface area contributed by atoms with Crippen LogP contribution in [-0.4, -0.2) is 62.9 Å². The highest BCUT2D eigenvalue weighted by atomic mass is 16.5. The number of likely N-dealkylation sites (tertiary alicyclic amines) is 1. The normalized spacial score (nSPS) is 19.2. The van der Waals surface area contributed by atoms with Crippen molar-refractivity contribution in [2.75, 3.05) is 40.0 Å². The van der Waals surface area contributed by atoms with E-state index in [1.54, 1.807) is 7.11 Å². The van der Waals surface area contributed by atoms with E-state index in [-0.39, 0.29) is 18.1 Å². The minimum absolute atomic E-state index is 0.139. The average molecular weight is 286 g/mol. The zero-order valence-electron chi connectivity index (χ0n) is 13.4. The van der Waals surface area contributed by atoms with Crippen molar-refractivity contribution < 1.29 is 14.3 Å². The van der Waals surface area contributed by atoms with Gasteiger partial charge in [0.1, 0.15) is 6.04 Å². The van der Waals surface area contributed by atoms with Crippen LogP contribution in [0.3, 0.4) is 0 Å². The van der Waals surface area contributed by atoms with Crippen LogP contribution in [0.5, 0.6) is 0 Å². The first kappa shape index (κ1) is 17.4. The predicted octanol–water partition coefficient (Wildman–Crippen LogP) is 1.27. The monoisotopic (exact) mass is 286 g/mol. The Hall–Kier alpha value is -0.650. The SMILES string of the molecule is CCOC(=O)C(CN1CCC(COC)CC1)NC(C)C. The van der Waals surface area contributed by atoms with Gasteiger partial charge >= 0.3 is 5.97 Å². The van der Waals surface area contributed by atoms with E-state index in [4.69, 9.17) is 9.47 Å². The average Bonchev–Trinajstić information content (AvgIpc) is 2.40. The predicted molar refractivity (Wildman–Crippen MR) is 79.7 cm³/mol. The smallest absolute Gasteiger partial charge is 0.324 e. The molecule has 20 heavy (non-hydrogen) atoms. The number of nitrogens with zero attached hydrogens (tertiary/aromatic N) is 1. The van der Waals surface area contributed by atoms with Crippen molar-refractivity contribution in [1.29, 1.82) is 0 Å². The minimum Gasteiger partial charge on any atom is -0.465 e. The summed E-state index contributed by atoms with van der Waals surface area (Å²) < 4.78 is 10.4. The third-order valence-corrected chi connectivity index (χ3v) is 3.66. The molecule has 5 heteroatoms. The summed E-state index contributed by atoms with van der Waals surface area (Å²) in [6, 6.07) is 0.0457. The highest BCUT2D eigenvalue weighted by Crippen LogP contribution is 2.17. The Kier molecular flexibility index (Phi) is 8.11. The maximum absolute atomic E-state index is 12.0. The van der Waals surface area contributed by atoms with Crippen molar-refractivity contribution in [3.63, 3.8) is 0 Å². The fourth-order valence-electron chi connectivity index (χ4n) is 2.67. The third kappa shape index (κ3) is 6.20. The van der Waals surface area contributed by atoms with Crippen LogP contribution in [0.4, 0.5) is 0 Å². The molecular weight excluding hydrogens is 256 g/mol. The molecule has 1 fully saturated rings. The summed E-state index contributed by atoms with van der Waals surface area (Å²) in [7, 11) is 1.76. The zero-order valence-corrected chi connectivity index (χ0v) is 13.4. The topological polar surface area (TPSA) is 50.8 Å². The molecule has 1 unspecified atom stereocenters. The van der Waals surface area contributed by atoms with Gasteiger partial charge in [-0.1, -0.05) is 13.8 Å². The van der Waals surface area contributed by atoms with E-state index in [1.165, 1.54) is 0 Å². The fraction of sp³-hybridized carbons (Fsp3) is 0.933. The summed E-state index contributed by atoms with van der Waals surface area (Å²) in [6.07, 6.45) is 2.29. The number of methoxy groups -OCH3 is 1. The van der Waals surface area contributed by atoms with Crippen molar-refractivity contribution >= 4 is 5.97 Å². The van der Waals surface area contributed by atoms with Crippen LogP contribution >= 0.6 is 0 Å². The Balaban J connectivity index is 2.43. The standard InChI is InChI=1S/C15H30N2O3/c1-5-20-15(18)14(16-12(2)3)10-17-8-6-13(7-9-17)11-19-4/h12-14,16H,5-11H2,1-4H3. The van der Waals surface area contributed by atoms with Crippen LogP contribution in [0, 0.1) is 5.92 Å². The Labute approximate surface area is 123 Å². The first-order valence-electron chi connectivity index (χ1n) is 7.70. The zero-order chi connectivity index (χ0) is 15.0. The molecular formula is C15H30N2O3. The Morgan fingerprint density at radius 3 is 2.50 bits per heavy atom. The van der Waals surface area contributed by atoms with Gasteiger partial charge in [0.05, 0.1) is 6.61 Å². The molecule has 1 aliphatic heterocycles. The summed E-state index contributed by atoms with van der Waals surface area (Å²) in [5.74, 6) is 0.524. The molecule has 1 aliphatic rings. The van der Waals surface area contributed by atoms with E-state index >= 15 is 0 Å². The summed E-state index contributed by atoms with van der Waals surface area (Å²) >= 11 is 0. The highest BCUT2D eigenvalue weighted by molar-refractivity contribution is 5.76. The van der Waals surface area contributed by atoms with Crippen molar-refractivity contribution in [3.05, 3.63) is 0 Å². The number of ether oxygens (including phenoxy) is 2. The number of nitrogens with one attached hydrogen (secondary N) is 1. The number of hydrogen-bond donors (Lipinski definition) is 1. The second kappa shape index (κ2) is 9.32. The van der Waals surface area contributed by atoms with E-state index in [0.29, 0.717) is 12.5 Å². The second-order valence-electron chi connectivity index (χ2n) is 5.83. The lowest BCUT2D eigenvalue weighted by atomic mass is 9.97. The van der Waals surface area contributed by atoms with Gasteiger partial charge in [-0.3, -0.25) is 4.79 Å². The van der Waals surface area contributed by atoms with Crippen LogP contribution in [0.25, 0.3) is 0 Å². The Bertz CT molecular complexity index is 276.